The zero-order chi connectivity index (χ0) is 20.8. The summed E-state index contributed by atoms with van der Waals surface area (Å²) < 4.78 is 5.57. The first kappa shape index (κ1) is 18.7. The first-order valence-electron chi connectivity index (χ1n) is 11.2. The number of hydrogen-bond acceptors (Lipinski definition) is 7. The smallest absolute Gasteiger partial charge is 0.229 e. The van der Waals surface area contributed by atoms with Gasteiger partial charge in [0.05, 0.1) is 19.3 Å². The molecule has 0 saturated carbocycles. The van der Waals surface area contributed by atoms with Crippen LogP contribution in [0.2, 0.25) is 0 Å². The Labute approximate surface area is 183 Å². The molecule has 7 heteroatoms. The molecule has 5 heterocycles. The lowest BCUT2D eigenvalue weighted by Crippen LogP contribution is -2.38. The number of allylic oxidation sites excluding steroid dienone is 2. The third-order valence-electron chi connectivity index (χ3n) is 6.69. The normalized spacial score (nSPS) is 22.3. The van der Waals surface area contributed by atoms with Gasteiger partial charge >= 0.3 is 0 Å². The molecule has 1 atom stereocenters. The Bertz CT molecular complexity index is 1030. The van der Waals surface area contributed by atoms with E-state index in [1.807, 2.05) is 6.20 Å². The van der Waals surface area contributed by atoms with Crippen molar-refractivity contribution in [2.24, 2.45) is 0 Å². The summed E-state index contributed by atoms with van der Waals surface area (Å²) in [6.45, 7) is 8.09. The molecule has 0 radical (unpaired) electrons. The number of nitrogens with one attached hydrogen (secondary N) is 1. The predicted molar refractivity (Wildman–Crippen MR) is 122 cm³/mol. The molecule has 0 bridgehead atoms. The minimum Gasteiger partial charge on any atom is -0.383 e. The van der Waals surface area contributed by atoms with Gasteiger partial charge in [-0.2, -0.15) is 9.97 Å². The Hall–Kier alpha value is -3.06. The van der Waals surface area contributed by atoms with Gasteiger partial charge in [-0.25, -0.2) is 0 Å². The molecular weight excluding hydrogens is 388 g/mol. The van der Waals surface area contributed by atoms with Crippen LogP contribution in [0.5, 0.6) is 0 Å². The highest BCUT2D eigenvalue weighted by molar-refractivity contribution is 5.70. The van der Waals surface area contributed by atoms with Crippen molar-refractivity contribution in [3.8, 4) is 0 Å². The standard InChI is InChI=1S/C24H28N6O/c1-17-21(7-4-9-25-17)30-10-8-20-22(29-15-18-5-2-3-6-19(18)16-29)26-24(27-23(20)30)28-11-13-31-14-12-28/h2-7,9,17,25H,8,10-16H2,1H3. The fourth-order valence-corrected chi connectivity index (χ4v) is 5.03. The van der Waals surface area contributed by atoms with Crippen LogP contribution in [0.25, 0.3) is 0 Å². The van der Waals surface area contributed by atoms with E-state index in [9.17, 15) is 0 Å². The van der Waals surface area contributed by atoms with Crippen molar-refractivity contribution in [2.45, 2.75) is 32.5 Å². The lowest BCUT2D eigenvalue weighted by molar-refractivity contribution is 0.122. The minimum atomic E-state index is 0.261. The lowest BCUT2D eigenvalue weighted by Gasteiger charge is -2.31. The maximum Gasteiger partial charge on any atom is 0.229 e. The van der Waals surface area contributed by atoms with E-state index in [0.29, 0.717) is 0 Å². The van der Waals surface area contributed by atoms with Crippen molar-refractivity contribution in [3.63, 3.8) is 0 Å². The van der Waals surface area contributed by atoms with E-state index < -0.39 is 0 Å². The zero-order valence-corrected chi connectivity index (χ0v) is 17.9. The summed E-state index contributed by atoms with van der Waals surface area (Å²) in [5, 5.41) is 3.43. The third-order valence-corrected chi connectivity index (χ3v) is 6.69. The van der Waals surface area contributed by atoms with Crippen LogP contribution in [0, 0.1) is 0 Å². The van der Waals surface area contributed by atoms with E-state index >= 15 is 0 Å². The number of hydrogen-bond donors (Lipinski definition) is 1. The maximum absolute atomic E-state index is 5.57. The molecule has 2 aromatic rings. The van der Waals surface area contributed by atoms with Crippen molar-refractivity contribution in [1.29, 1.82) is 0 Å². The van der Waals surface area contributed by atoms with Crippen LogP contribution in [0.3, 0.4) is 0 Å². The molecule has 1 unspecified atom stereocenters. The Morgan fingerprint density at radius 2 is 1.71 bits per heavy atom. The number of rotatable bonds is 3. The number of aromatic nitrogens is 2. The molecule has 4 aliphatic rings. The number of morpholine rings is 1. The topological polar surface area (TPSA) is 56.8 Å². The Kier molecular flexibility index (Phi) is 4.56. The maximum atomic E-state index is 5.57. The van der Waals surface area contributed by atoms with Gasteiger partial charge in [-0.05, 0) is 42.8 Å². The number of nitrogens with zero attached hydrogens (tertiary/aromatic N) is 5. The van der Waals surface area contributed by atoms with Gasteiger partial charge in [-0.1, -0.05) is 24.3 Å². The highest BCUT2D eigenvalue weighted by Gasteiger charge is 2.34. The van der Waals surface area contributed by atoms with Gasteiger partial charge in [-0.3, -0.25) is 0 Å². The van der Waals surface area contributed by atoms with Crippen LogP contribution in [-0.4, -0.2) is 48.9 Å². The largest absolute Gasteiger partial charge is 0.383 e. The van der Waals surface area contributed by atoms with Crippen LogP contribution in [0.4, 0.5) is 17.6 Å². The number of fused-ring (bicyclic) bond motifs is 2. The van der Waals surface area contributed by atoms with Crippen molar-refractivity contribution in [3.05, 3.63) is 65.0 Å². The SMILES string of the molecule is CC1NC=CC=C1N1CCc2c(N3Cc4ccccc4C3)nc(N3CCOCC3)nc21. The van der Waals surface area contributed by atoms with Gasteiger partial charge in [0.2, 0.25) is 5.95 Å². The van der Waals surface area contributed by atoms with E-state index in [0.717, 1.165) is 69.9 Å². The Morgan fingerprint density at radius 3 is 2.45 bits per heavy atom. The van der Waals surface area contributed by atoms with Crippen molar-refractivity contribution in [1.82, 2.24) is 15.3 Å². The molecular formula is C24H28N6O. The molecule has 1 aromatic carbocycles. The van der Waals surface area contributed by atoms with E-state index in [4.69, 9.17) is 14.7 Å². The van der Waals surface area contributed by atoms with Crippen LogP contribution in [-0.2, 0) is 24.2 Å². The summed E-state index contributed by atoms with van der Waals surface area (Å²) in [5.74, 6) is 2.99. The molecule has 1 fully saturated rings. The minimum absolute atomic E-state index is 0.261. The van der Waals surface area contributed by atoms with Gasteiger partial charge in [-0.15, -0.1) is 0 Å². The summed E-state index contributed by atoms with van der Waals surface area (Å²) in [5.41, 5.74) is 5.34. The lowest BCUT2D eigenvalue weighted by atomic mass is 10.1. The van der Waals surface area contributed by atoms with Crippen molar-refractivity contribution < 1.29 is 4.74 Å². The van der Waals surface area contributed by atoms with E-state index in [1.54, 1.807) is 0 Å². The quantitative estimate of drug-likeness (QED) is 0.825. The molecule has 4 aliphatic heterocycles. The molecule has 0 aliphatic carbocycles. The van der Waals surface area contributed by atoms with Crippen LogP contribution >= 0.6 is 0 Å². The number of dihydropyridines is 1. The predicted octanol–water partition coefficient (Wildman–Crippen LogP) is 2.59. The monoisotopic (exact) mass is 416 g/mol. The summed E-state index contributed by atoms with van der Waals surface area (Å²) in [6.07, 6.45) is 7.26. The highest BCUT2D eigenvalue weighted by Crippen LogP contribution is 2.40. The molecule has 0 spiro atoms. The average molecular weight is 417 g/mol. The second kappa shape index (κ2) is 7.57. The van der Waals surface area contributed by atoms with Gasteiger partial charge in [0, 0.05) is 44.0 Å². The number of anilines is 3. The van der Waals surface area contributed by atoms with E-state index in [1.165, 1.54) is 22.4 Å². The van der Waals surface area contributed by atoms with Crippen LogP contribution in [0.1, 0.15) is 23.6 Å². The average Bonchev–Trinajstić information content (AvgIpc) is 3.44. The first-order valence-corrected chi connectivity index (χ1v) is 11.2. The van der Waals surface area contributed by atoms with Crippen molar-refractivity contribution in [2.75, 3.05) is 47.5 Å². The zero-order valence-electron chi connectivity index (χ0n) is 17.9. The Morgan fingerprint density at radius 1 is 0.968 bits per heavy atom. The molecule has 160 valence electrons. The molecule has 1 N–H and O–H groups in total. The van der Waals surface area contributed by atoms with Gasteiger partial charge in [0.25, 0.3) is 0 Å². The van der Waals surface area contributed by atoms with Crippen molar-refractivity contribution >= 4 is 17.6 Å². The summed E-state index contributed by atoms with van der Waals surface area (Å²) >= 11 is 0. The molecule has 31 heavy (non-hydrogen) atoms. The fourth-order valence-electron chi connectivity index (χ4n) is 5.03. The molecule has 7 nitrogen and oxygen atoms in total. The number of benzene rings is 1. The molecule has 1 saturated heterocycles. The van der Waals surface area contributed by atoms with Gasteiger partial charge in [0.15, 0.2) is 0 Å². The highest BCUT2D eigenvalue weighted by atomic mass is 16.5. The first-order chi connectivity index (χ1) is 15.3. The molecule has 0 amide bonds. The number of ether oxygens (including phenoxy) is 1. The molecule has 1 aromatic heterocycles. The van der Waals surface area contributed by atoms with Crippen LogP contribution < -0.4 is 20.0 Å². The molecule has 6 rings (SSSR count). The Balaban J connectivity index is 1.43. The van der Waals surface area contributed by atoms with E-state index in [2.05, 4.69) is 63.4 Å². The summed E-state index contributed by atoms with van der Waals surface area (Å²) in [7, 11) is 0. The van der Waals surface area contributed by atoms with Gasteiger partial charge < -0.3 is 24.8 Å². The second-order valence-electron chi connectivity index (χ2n) is 8.61. The fraction of sp³-hybridized carbons (Fsp3) is 0.417. The van der Waals surface area contributed by atoms with E-state index in [-0.39, 0.29) is 6.04 Å². The summed E-state index contributed by atoms with van der Waals surface area (Å²) in [4.78, 5) is 17.3. The van der Waals surface area contributed by atoms with Crippen LogP contribution in [0.15, 0.2) is 48.3 Å². The second-order valence-corrected chi connectivity index (χ2v) is 8.61. The summed E-state index contributed by atoms with van der Waals surface area (Å²) in [6, 6.07) is 8.99. The third kappa shape index (κ3) is 3.24. The van der Waals surface area contributed by atoms with Gasteiger partial charge in [0.1, 0.15) is 11.6 Å².